The Morgan fingerprint density at radius 2 is 0.557 bits per heavy atom. The highest BCUT2D eigenvalue weighted by Gasteiger charge is 2.56. The Labute approximate surface area is 711 Å². The number of nitrogens with two attached hydrogens (primary N) is 1. The van der Waals surface area contributed by atoms with E-state index in [-0.39, 0.29) is 116 Å². The van der Waals surface area contributed by atoms with Crippen LogP contribution in [0, 0.1) is 33.7 Å². The molecule has 3 heterocycles. The summed E-state index contributed by atoms with van der Waals surface area (Å²) in [7, 11) is 9.15. The largest absolute Gasteiger partial charge is 0.496 e. The number of rotatable bonds is 32. The number of hydrogen-bond donors (Lipinski definition) is 1. The number of Topliss-reactive ketones (excluding diaryl/α,β-unsaturated/α-hetero) is 7. The fourth-order valence-corrected chi connectivity index (χ4v) is 14.3. The lowest BCUT2D eigenvalue weighted by atomic mass is 9.88. The Hall–Kier alpha value is -13.3. The molecule has 0 atom stereocenters. The first-order valence-corrected chi connectivity index (χ1v) is 38.8. The number of pyridine rings is 3. The first kappa shape index (κ1) is 91.0. The number of carbonyl (C=O) groups is 7. The average molecular weight is 1680 g/mol. The van der Waals surface area contributed by atoms with Crippen LogP contribution in [0.15, 0.2) is 229 Å². The number of benzene rings is 9. The van der Waals surface area contributed by atoms with Crippen molar-refractivity contribution in [2.24, 2.45) is 32.3 Å². The van der Waals surface area contributed by atoms with Crippen LogP contribution in [-0.4, -0.2) is 109 Å². The molecule has 0 radical (unpaired) electrons. The Morgan fingerprint density at radius 3 is 0.770 bits per heavy atom. The van der Waals surface area contributed by atoms with E-state index in [0.29, 0.717) is 146 Å². The molecule has 0 aliphatic heterocycles. The number of carbonyl (C=O) groups excluding carboxylic acids is 7. The summed E-state index contributed by atoms with van der Waals surface area (Å²) in [5.41, 5.74) is 11.5. The van der Waals surface area contributed by atoms with Crippen LogP contribution in [-0.2, 0) is 77.0 Å². The van der Waals surface area contributed by atoms with Gasteiger partial charge in [-0.2, -0.15) is 0 Å². The first-order chi connectivity index (χ1) is 57.9. The number of halogens is 4. The normalized spacial score (nSPS) is 13.5. The molecule has 15 rings (SSSR count). The van der Waals surface area contributed by atoms with Crippen LogP contribution in [0.2, 0.25) is 0 Å². The van der Waals surface area contributed by atoms with E-state index in [2.05, 4.69) is 31.0 Å². The van der Waals surface area contributed by atoms with Gasteiger partial charge in [0.25, 0.3) is 0 Å². The minimum Gasteiger partial charge on any atom is -0.496 e. The standard InChI is InChI=1S/2C32H29FN2O5.C31H26FNO5.CH5N.CH4.ClH/c2*1-20(35-39-3)25-18-26-27(19-29(25)38-2)34-15-12-28(26)40-24-10-6-22(7-11-24)17-31(37)32(13-14-32)30(36)16-21-4-8-23(33)9-5-21;1-19(34)24-17-25-26(18-28(24)37-2)33-14-11-27(25)38-23-9-5-21(6-10-23)16-30(36)31(12-13-31)29(35)15-20-3-7-22(32)8-4-20;1-2;;/h2*4-12,15,18-19H,13-14,16-17H2,1-3H3;3-11,14,17-18H,12-13,15-16H2,1-2H3;2H2,1H3;1H4;1H/b35-20+;35-20-;;;;. The zero-order valence-corrected chi connectivity index (χ0v) is 69.1. The molecule has 0 bridgehead atoms. The van der Waals surface area contributed by atoms with Crippen molar-refractivity contribution in [3.05, 3.63) is 286 Å². The Bertz CT molecular complexity index is 5640. The average Bonchev–Trinajstić information content (AvgIpc) is 1.56. The van der Waals surface area contributed by atoms with E-state index >= 15 is 0 Å². The highest BCUT2D eigenvalue weighted by molar-refractivity contribution is 6.13. The number of methoxy groups -OCH3 is 3. The second-order valence-electron chi connectivity index (χ2n) is 29.4. The number of aromatic nitrogens is 3. The zero-order valence-electron chi connectivity index (χ0n) is 68.2. The SMILES string of the molecule is C.CN.CO/N=C(/C)c1cc2c(Oc3ccc(CC(=O)C4(C(=O)Cc5ccc(F)cc5)CC4)cc3)ccnc2cc1OC.CO/N=C(\C)c1cc2c(Oc3ccc(CC(=O)C4(C(=O)Cc5ccc(F)cc5)CC4)cc3)ccnc2cc1OC.COc1cc2nccc(Oc3ccc(CC(=O)C4(C(=O)Cc5ccc(F)cc5)CC4)cc3)c2cc1C(C)=O.Cl. The lowest BCUT2D eigenvalue weighted by molar-refractivity contribution is -0.135. The fourth-order valence-electron chi connectivity index (χ4n) is 14.3. The van der Waals surface area contributed by atoms with Gasteiger partial charge in [-0.25, -0.2) is 13.2 Å². The van der Waals surface area contributed by atoms with Gasteiger partial charge in [-0.05, 0) is 209 Å². The van der Waals surface area contributed by atoms with Crippen LogP contribution in [0.25, 0.3) is 32.7 Å². The molecule has 3 aliphatic rings. The van der Waals surface area contributed by atoms with Crippen molar-refractivity contribution in [1.82, 2.24) is 15.0 Å². The number of fused-ring (bicyclic) bond motifs is 3. The van der Waals surface area contributed by atoms with Gasteiger partial charge in [0, 0.05) is 103 Å². The van der Waals surface area contributed by atoms with E-state index in [0.717, 1.165) is 38.6 Å². The minimum atomic E-state index is -0.936. The molecule has 21 nitrogen and oxygen atoms in total. The molecular formula is C97H94ClF3N6O15. The molecule has 0 amide bonds. The van der Waals surface area contributed by atoms with Crippen LogP contribution < -0.4 is 34.2 Å². The van der Waals surface area contributed by atoms with Gasteiger partial charge < -0.3 is 43.8 Å². The van der Waals surface area contributed by atoms with Gasteiger partial charge in [0.1, 0.15) is 83.4 Å². The van der Waals surface area contributed by atoms with Gasteiger partial charge >= 0.3 is 0 Å². The lowest BCUT2D eigenvalue weighted by Gasteiger charge is -2.14. The molecule has 3 saturated carbocycles. The smallest absolute Gasteiger partial charge is 0.163 e. The van der Waals surface area contributed by atoms with Crippen molar-refractivity contribution in [2.45, 2.75) is 105 Å². The van der Waals surface area contributed by atoms with Crippen molar-refractivity contribution in [2.75, 3.05) is 42.6 Å². The van der Waals surface area contributed by atoms with Gasteiger partial charge in [-0.15, -0.1) is 12.4 Å². The maximum absolute atomic E-state index is 13.2. The van der Waals surface area contributed by atoms with Crippen molar-refractivity contribution in [3.63, 3.8) is 0 Å². The molecule has 12 aromatic rings. The molecule has 0 saturated heterocycles. The Balaban J connectivity index is 0.000000188. The van der Waals surface area contributed by atoms with Gasteiger partial charge in [0.15, 0.2) is 40.5 Å². The minimum absolute atomic E-state index is 0. The second kappa shape index (κ2) is 40.6. The second-order valence-corrected chi connectivity index (χ2v) is 29.4. The summed E-state index contributed by atoms with van der Waals surface area (Å²) in [6.45, 7) is 5.13. The predicted molar refractivity (Wildman–Crippen MR) is 463 cm³/mol. The number of hydrogen-bond acceptors (Lipinski definition) is 21. The number of ketones is 7. The summed E-state index contributed by atoms with van der Waals surface area (Å²) < 4.78 is 74.4. The molecule has 3 aromatic heterocycles. The predicted octanol–water partition coefficient (Wildman–Crippen LogP) is 19.2. The van der Waals surface area contributed by atoms with Gasteiger partial charge in [-0.3, -0.25) is 48.5 Å². The van der Waals surface area contributed by atoms with Crippen LogP contribution in [0.1, 0.15) is 122 Å². The first-order valence-electron chi connectivity index (χ1n) is 38.8. The molecule has 25 heteroatoms. The van der Waals surface area contributed by atoms with Crippen molar-refractivity contribution in [1.29, 1.82) is 0 Å². The summed E-state index contributed by atoms with van der Waals surface area (Å²) in [6, 6.07) is 55.3. The molecule has 3 aliphatic carbocycles. The van der Waals surface area contributed by atoms with E-state index in [1.54, 1.807) is 148 Å². The fraction of sp³-hybridized carbons (Fsp3) is 0.258. The monoisotopic (exact) mass is 1670 g/mol. The van der Waals surface area contributed by atoms with E-state index < -0.39 is 16.2 Å². The molecule has 3 fully saturated rings. The summed E-state index contributed by atoms with van der Waals surface area (Å²) in [4.78, 5) is 113. The molecule has 630 valence electrons. The van der Waals surface area contributed by atoms with Crippen LogP contribution in [0.3, 0.4) is 0 Å². The van der Waals surface area contributed by atoms with Gasteiger partial charge in [-0.1, -0.05) is 90.5 Å². The number of oxime groups is 2. The quantitative estimate of drug-likeness (QED) is 0.0177. The molecule has 2 N–H and O–H groups in total. The number of nitrogens with zero attached hydrogens (tertiary/aromatic N) is 5. The highest BCUT2D eigenvalue weighted by Crippen LogP contribution is 2.51. The Kier molecular flexibility index (Phi) is 30.3. The molecule has 0 unspecified atom stereocenters. The van der Waals surface area contributed by atoms with Crippen molar-refractivity contribution in [3.8, 4) is 51.7 Å². The number of ether oxygens (including phenoxy) is 6. The van der Waals surface area contributed by atoms with E-state index in [4.69, 9.17) is 38.1 Å². The van der Waals surface area contributed by atoms with E-state index in [9.17, 15) is 46.7 Å². The van der Waals surface area contributed by atoms with Crippen LogP contribution >= 0.6 is 12.4 Å². The lowest BCUT2D eigenvalue weighted by Crippen LogP contribution is -2.28. The summed E-state index contributed by atoms with van der Waals surface area (Å²) in [5.74, 6) is 3.42. The van der Waals surface area contributed by atoms with Crippen LogP contribution in [0.4, 0.5) is 13.2 Å². The highest BCUT2D eigenvalue weighted by atomic mass is 35.5. The molecule has 0 spiro atoms. The molecule has 122 heavy (non-hydrogen) atoms. The van der Waals surface area contributed by atoms with Gasteiger partial charge in [0.05, 0.1) is 71.1 Å². The maximum atomic E-state index is 13.2. The zero-order chi connectivity index (χ0) is 85.4. The van der Waals surface area contributed by atoms with Crippen LogP contribution in [0.5, 0.6) is 51.7 Å². The van der Waals surface area contributed by atoms with Crippen molar-refractivity contribution < 1.29 is 84.8 Å². The van der Waals surface area contributed by atoms with E-state index in [1.807, 2.05) is 62.4 Å². The third-order valence-corrected chi connectivity index (χ3v) is 21.5. The van der Waals surface area contributed by atoms with Crippen molar-refractivity contribution >= 4 is 97.0 Å². The molecular weight excluding hydrogens is 1580 g/mol. The topological polar surface area (TPSA) is 283 Å². The third-order valence-electron chi connectivity index (χ3n) is 21.5. The van der Waals surface area contributed by atoms with E-state index in [1.165, 1.54) is 71.7 Å². The van der Waals surface area contributed by atoms with Gasteiger partial charge in [0.2, 0.25) is 0 Å². The Morgan fingerprint density at radius 1 is 0.336 bits per heavy atom. The maximum Gasteiger partial charge on any atom is 0.163 e. The molecule has 9 aromatic carbocycles. The summed E-state index contributed by atoms with van der Waals surface area (Å²) >= 11 is 0. The summed E-state index contributed by atoms with van der Waals surface area (Å²) in [5, 5.41) is 10.3. The third kappa shape index (κ3) is 21.4. The summed E-state index contributed by atoms with van der Waals surface area (Å²) in [6.07, 6.45) is 9.14.